The molecule has 0 amide bonds. The van der Waals surface area contributed by atoms with Gasteiger partial charge < -0.3 is 10.1 Å². The number of nitrogens with one attached hydrogen (secondary N) is 1. The largest absolute Gasteiger partial charge is 0.489 e. The monoisotopic (exact) mass is 207 g/mol. The fraction of sp³-hybridized carbons (Fsp3) is 0.538. The number of para-hydroxylation sites is 2. The Morgan fingerprint density at radius 1 is 1.20 bits per heavy atom. The first kappa shape index (κ1) is 11.9. The van der Waals surface area contributed by atoms with E-state index in [0.29, 0.717) is 6.04 Å². The molecule has 0 bridgehead atoms. The molecular formula is C13H21NO. The number of ether oxygens (including phenoxy) is 1. The van der Waals surface area contributed by atoms with Crippen molar-refractivity contribution in [3.05, 3.63) is 24.3 Å². The van der Waals surface area contributed by atoms with Crippen molar-refractivity contribution in [2.75, 3.05) is 5.32 Å². The summed E-state index contributed by atoms with van der Waals surface area (Å²) in [5.74, 6) is 0.938. The first-order chi connectivity index (χ1) is 7.13. The van der Waals surface area contributed by atoms with Crippen LogP contribution in [0.1, 0.15) is 34.1 Å². The fourth-order valence-electron chi connectivity index (χ4n) is 1.31. The second-order valence-corrected chi connectivity index (χ2v) is 4.12. The van der Waals surface area contributed by atoms with Crippen molar-refractivity contribution in [1.82, 2.24) is 0 Å². The molecule has 0 aromatic heterocycles. The molecule has 1 aromatic carbocycles. The molecular weight excluding hydrogens is 186 g/mol. The zero-order valence-corrected chi connectivity index (χ0v) is 10.1. The zero-order valence-electron chi connectivity index (χ0n) is 10.1. The summed E-state index contributed by atoms with van der Waals surface area (Å²) in [6, 6.07) is 8.56. The first-order valence-corrected chi connectivity index (χ1v) is 5.65. The smallest absolute Gasteiger partial charge is 0.142 e. The molecule has 1 unspecified atom stereocenters. The Morgan fingerprint density at radius 2 is 1.87 bits per heavy atom. The van der Waals surface area contributed by atoms with Gasteiger partial charge in [-0.15, -0.1) is 0 Å². The number of benzene rings is 1. The number of hydrogen-bond acceptors (Lipinski definition) is 2. The first-order valence-electron chi connectivity index (χ1n) is 5.65. The Bertz CT molecular complexity index is 296. The number of hydrogen-bond donors (Lipinski definition) is 1. The predicted octanol–water partition coefficient (Wildman–Crippen LogP) is 3.68. The molecule has 15 heavy (non-hydrogen) atoms. The molecule has 1 atom stereocenters. The van der Waals surface area contributed by atoms with Gasteiger partial charge in [0.2, 0.25) is 0 Å². The molecule has 0 aliphatic heterocycles. The Balaban J connectivity index is 2.76. The third-order valence-corrected chi connectivity index (χ3v) is 2.26. The van der Waals surface area contributed by atoms with Crippen molar-refractivity contribution < 1.29 is 4.74 Å². The van der Waals surface area contributed by atoms with Gasteiger partial charge in [0.25, 0.3) is 0 Å². The number of rotatable bonds is 5. The lowest BCUT2D eigenvalue weighted by atomic mass is 10.2. The van der Waals surface area contributed by atoms with Gasteiger partial charge in [-0.1, -0.05) is 19.1 Å². The van der Waals surface area contributed by atoms with Gasteiger partial charge in [-0.3, -0.25) is 0 Å². The maximum absolute atomic E-state index is 5.73. The van der Waals surface area contributed by atoms with Gasteiger partial charge in [0.1, 0.15) is 5.75 Å². The fourth-order valence-corrected chi connectivity index (χ4v) is 1.31. The van der Waals surface area contributed by atoms with Crippen LogP contribution in [0.15, 0.2) is 24.3 Å². The van der Waals surface area contributed by atoms with Gasteiger partial charge in [0.05, 0.1) is 11.8 Å². The summed E-state index contributed by atoms with van der Waals surface area (Å²) in [6.45, 7) is 8.43. The topological polar surface area (TPSA) is 21.3 Å². The Hall–Kier alpha value is -1.18. The molecule has 0 aliphatic carbocycles. The van der Waals surface area contributed by atoms with E-state index in [1.807, 2.05) is 32.0 Å². The second kappa shape index (κ2) is 5.64. The zero-order chi connectivity index (χ0) is 11.3. The van der Waals surface area contributed by atoms with Crippen molar-refractivity contribution >= 4 is 5.69 Å². The Labute approximate surface area is 92.6 Å². The molecule has 2 heteroatoms. The highest BCUT2D eigenvalue weighted by Crippen LogP contribution is 2.25. The summed E-state index contributed by atoms with van der Waals surface area (Å²) in [4.78, 5) is 0. The third kappa shape index (κ3) is 3.82. The lowest BCUT2D eigenvalue weighted by Crippen LogP contribution is -2.15. The van der Waals surface area contributed by atoms with E-state index in [0.717, 1.165) is 17.9 Å². The molecule has 0 aliphatic rings. The van der Waals surface area contributed by atoms with Gasteiger partial charge in [-0.2, -0.15) is 0 Å². The molecule has 0 saturated heterocycles. The summed E-state index contributed by atoms with van der Waals surface area (Å²) < 4.78 is 5.73. The van der Waals surface area contributed by atoms with Gasteiger partial charge >= 0.3 is 0 Å². The normalized spacial score (nSPS) is 12.6. The van der Waals surface area contributed by atoms with Crippen LogP contribution in [0.3, 0.4) is 0 Å². The van der Waals surface area contributed by atoms with E-state index >= 15 is 0 Å². The van der Waals surface area contributed by atoms with E-state index in [1.54, 1.807) is 0 Å². The Morgan fingerprint density at radius 3 is 2.47 bits per heavy atom. The van der Waals surface area contributed by atoms with Crippen LogP contribution in [0.25, 0.3) is 0 Å². The number of anilines is 1. The van der Waals surface area contributed by atoms with E-state index in [1.165, 1.54) is 0 Å². The third-order valence-electron chi connectivity index (χ3n) is 2.26. The van der Waals surface area contributed by atoms with E-state index in [4.69, 9.17) is 4.74 Å². The van der Waals surface area contributed by atoms with Crippen LogP contribution in [0.4, 0.5) is 5.69 Å². The lowest BCUT2D eigenvalue weighted by Gasteiger charge is -2.18. The summed E-state index contributed by atoms with van der Waals surface area (Å²) >= 11 is 0. The summed E-state index contributed by atoms with van der Waals surface area (Å²) in [5.41, 5.74) is 1.08. The van der Waals surface area contributed by atoms with Crippen LogP contribution in [0.5, 0.6) is 5.75 Å². The van der Waals surface area contributed by atoms with Crippen molar-refractivity contribution in [2.45, 2.75) is 46.3 Å². The highest BCUT2D eigenvalue weighted by molar-refractivity contribution is 5.56. The van der Waals surface area contributed by atoms with E-state index in [-0.39, 0.29) is 6.10 Å². The van der Waals surface area contributed by atoms with Crippen LogP contribution in [-0.4, -0.2) is 12.1 Å². The van der Waals surface area contributed by atoms with Gasteiger partial charge in [0.15, 0.2) is 0 Å². The average Bonchev–Trinajstić information content (AvgIpc) is 2.20. The highest BCUT2D eigenvalue weighted by atomic mass is 16.5. The van der Waals surface area contributed by atoms with Gasteiger partial charge in [-0.25, -0.2) is 0 Å². The summed E-state index contributed by atoms with van der Waals surface area (Å²) in [6.07, 6.45) is 1.32. The molecule has 84 valence electrons. The standard InChI is InChI=1S/C13H21NO/c1-5-11(4)14-12-8-6-7-9-13(12)15-10(2)3/h6-11,14H,5H2,1-4H3. The van der Waals surface area contributed by atoms with Crippen LogP contribution in [0, 0.1) is 0 Å². The van der Waals surface area contributed by atoms with Crippen LogP contribution in [-0.2, 0) is 0 Å². The van der Waals surface area contributed by atoms with E-state index < -0.39 is 0 Å². The van der Waals surface area contributed by atoms with Crippen LogP contribution >= 0.6 is 0 Å². The van der Waals surface area contributed by atoms with Gasteiger partial charge in [-0.05, 0) is 39.3 Å². The quantitative estimate of drug-likeness (QED) is 0.795. The van der Waals surface area contributed by atoms with E-state index in [9.17, 15) is 0 Å². The molecule has 0 spiro atoms. The van der Waals surface area contributed by atoms with Crippen molar-refractivity contribution in [1.29, 1.82) is 0 Å². The van der Waals surface area contributed by atoms with Gasteiger partial charge in [0, 0.05) is 6.04 Å². The molecule has 1 aromatic rings. The van der Waals surface area contributed by atoms with Crippen LogP contribution < -0.4 is 10.1 Å². The molecule has 0 saturated carbocycles. The molecule has 2 nitrogen and oxygen atoms in total. The van der Waals surface area contributed by atoms with Crippen molar-refractivity contribution in [2.24, 2.45) is 0 Å². The molecule has 0 heterocycles. The minimum absolute atomic E-state index is 0.213. The molecule has 1 N–H and O–H groups in total. The molecule has 0 radical (unpaired) electrons. The minimum atomic E-state index is 0.213. The van der Waals surface area contributed by atoms with E-state index in [2.05, 4.69) is 25.2 Å². The van der Waals surface area contributed by atoms with Crippen molar-refractivity contribution in [3.8, 4) is 5.75 Å². The molecule has 0 fully saturated rings. The summed E-state index contributed by atoms with van der Waals surface area (Å²) in [5, 5.41) is 3.44. The second-order valence-electron chi connectivity index (χ2n) is 4.12. The maximum atomic E-state index is 5.73. The minimum Gasteiger partial charge on any atom is -0.489 e. The average molecular weight is 207 g/mol. The predicted molar refractivity (Wildman–Crippen MR) is 65.6 cm³/mol. The SMILES string of the molecule is CCC(C)Nc1ccccc1OC(C)C. The van der Waals surface area contributed by atoms with Crippen LogP contribution in [0.2, 0.25) is 0 Å². The van der Waals surface area contributed by atoms with Crippen molar-refractivity contribution in [3.63, 3.8) is 0 Å². The Kier molecular flexibility index (Phi) is 4.47. The lowest BCUT2D eigenvalue weighted by molar-refractivity contribution is 0.243. The highest BCUT2D eigenvalue weighted by Gasteiger charge is 2.06. The molecule has 1 rings (SSSR count). The maximum Gasteiger partial charge on any atom is 0.142 e. The summed E-state index contributed by atoms with van der Waals surface area (Å²) in [7, 11) is 0.